The van der Waals surface area contributed by atoms with Gasteiger partial charge in [-0.2, -0.15) is 0 Å². The predicted octanol–water partition coefficient (Wildman–Crippen LogP) is 2.32. The van der Waals surface area contributed by atoms with E-state index in [0.717, 1.165) is 0 Å². The maximum atomic E-state index is 12.0. The van der Waals surface area contributed by atoms with Crippen molar-refractivity contribution in [2.75, 3.05) is 19.5 Å². The molecule has 0 heterocycles. The van der Waals surface area contributed by atoms with Crippen LogP contribution in [0.1, 0.15) is 24.2 Å². The third-order valence-electron chi connectivity index (χ3n) is 2.73. The van der Waals surface area contributed by atoms with E-state index >= 15 is 0 Å². The first-order chi connectivity index (χ1) is 8.45. The van der Waals surface area contributed by atoms with E-state index in [1.54, 1.807) is 25.3 Å². The number of carbonyl (C=O) groups is 1. The Hall–Kier alpha value is -1.26. The summed E-state index contributed by atoms with van der Waals surface area (Å²) in [7, 11) is 1.61. The molecule has 3 N–H and O–H groups in total. The third-order valence-corrected chi connectivity index (χ3v) is 3.06. The Morgan fingerprint density at radius 2 is 2.17 bits per heavy atom. The van der Waals surface area contributed by atoms with Crippen molar-refractivity contribution in [3.8, 4) is 0 Å². The maximum absolute atomic E-state index is 12.0. The summed E-state index contributed by atoms with van der Waals surface area (Å²) in [5.41, 5.74) is 6.56. The van der Waals surface area contributed by atoms with Crippen LogP contribution < -0.4 is 11.1 Å². The number of amides is 1. The van der Waals surface area contributed by atoms with E-state index in [-0.39, 0.29) is 17.9 Å². The highest BCUT2D eigenvalue weighted by Gasteiger charge is 2.17. The number of carbonyl (C=O) groups excluding carboxylic acids is 1. The minimum Gasteiger partial charge on any atom is -0.398 e. The zero-order valence-electron chi connectivity index (χ0n) is 10.9. The van der Waals surface area contributed by atoms with Gasteiger partial charge in [0.15, 0.2) is 0 Å². The first-order valence-electron chi connectivity index (χ1n) is 5.80. The summed E-state index contributed by atoms with van der Waals surface area (Å²) in [6.07, 6.45) is 0. The van der Waals surface area contributed by atoms with E-state index in [2.05, 4.69) is 5.32 Å². The van der Waals surface area contributed by atoms with Crippen LogP contribution in [-0.4, -0.2) is 25.7 Å². The number of ether oxygens (including phenoxy) is 1. The van der Waals surface area contributed by atoms with E-state index in [9.17, 15) is 4.79 Å². The number of rotatable bonds is 5. The Balaban J connectivity index is 2.77. The zero-order valence-corrected chi connectivity index (χ0v) is 11.6. The number of halogens is 1. The molecule has 0 aliphatic rings. The highest BCUT2D eigenvalue weighted by Crippen LogP contribution is 2.19. The highest BCUT2D eigenvalue weighted by atomic mass is 35.5. The van der Waals surface area contributed by atoms with Gasteiger partial charge in [-0.25, -0.2) is 0 Å². The molecular formula is C13H19ClN2O2. The van der Waals surface area contributed by atoms with Crippen molar-refractivity contribution in [1.29, 1.82) is 0 Å². The van der Waals surface area contributed by atoms with Gasteiger partial charge in [-0.15, -0.1) is 0 Å². The Morgan fingerprint density at radius 1 is 1.50 bits per heavy atom. The van der Waals surface area contributed by atoms with Gasteiger partial charge in [-0.05, 0) is 24.1 Å². The maximum Gasteiger partial charge on any atom is 0.251 e. The molecule has 100 valence electrons. The monoisotopic (exact) mass is 270 g/mol. The molecule has 1 aromatic rings. The van der Waals surface area contributed by atoms with Crippen LogP contribution >= 0.6 is 11.6 Å². The van der Waals surface area contributed by atoms with Gasteiger partial charge in [0, 0.05) is 12.7 Å². The van der Waals surface area contributed by atoms with Crippen LogP contribution in [0.15, 0.2) is 18.2 Å². The lowest BCUT2D eigenvalue weighted by Crippen LogP contribution is -2.41. The van der Waals surface area contributed by atoms with Crippen LogP contribution in [0.2, 0.25) is 5.02 Å². The van der Waals surface area contributed by atoms with Gasteiger partial charge in [0.25, 0.3) is 5.91 Å². The van der Waals surface area contributed by atoms with Crippen molar-refractivity contribution in [2.45, 2.75) is 19.9 Å². The molecule has 1 amide bonds. The Morgan fingerprint density at radius 3 is 2.67 bits per heavy atom. The molecule has 4 nitrogen and oxygen atoms in total. The van der Waals surface area contributed by atoms with Gasteiger partial charge < -0.3 is 15.8 Å². The molecule has 0 saturated carbocycles. The largest absolute Gasteiger partial charge is 0.398 e. The minimum atomic E-state index is -0.173. The fraction of sp³-hybridized carbons (Fsp3) is 0.462. The number of nitrogen functional groups attached to an aromatic ring is 1. The molecule has 18 heavy (non-hydrogen) atoms. The van der Waals surface area contributed by atoms with E-state index in [4.69, 9.17) is 22.1 Å². The van der Waals surface area contributed by atoms with Crippen molar-refractivity contribution in [2.24, 2.45) is 5.92 Å². The fourth-order valence-electron chi connectivity index (χ4n) is 1.50. The number of anilines is 1. The lowest BCUT2D eigenvalue weighted by atomic mass is 10.0. The molecule has 5 heteroatoms. The molecular weight excluding hydrogens is 252 g/mol. The molecule has 0 aliphatic heterocycles. The van der Waals surface area contributed by atoms with Crippen molar-refractivity contribution >= 4 is 23.2 Å². The summed E-state index contributed by atoms with van der Waals surface area (Å²) >= 11 is 5.89. The summed E-state index contributed by atoms with van der Waals surface area (Å²) in [5, 5.41) is 3.30. The van der Waals surface area contributed by atoms with Gasteiger partial charge in [0.05, 0.1) is 23.4 Å². The highest BCUT2D eigenvalue weighted by molar-refractivity contribution is 6.33. The van der Waals surface area contributed by atoms with Gasteiger partial charge in [0.2, 0.25) is 0 Å². The second kappa shape index (κ2) is 6.61. The third kappa shape index (κ3) is 3.89. The van der Waals surface area contributed by atoms with Crippen LogP contribution in [-0.2, 0) is 4.74 Å². The molecule has 1 aromatic carbocycles. The number of benzene rings is 1. The normalized spacial score (nSPS) is 12.5. The van der Waals surface area contributed by atoms with Crippen LogP contribution in [0.3, 0.4) is 0 Å². The Bertz CT molecular complexity index is 421. The van der Waals surface area contributed by atoms with Crippen LogP contribution in [0.4, 0.5) is 5.69 Å². The van der Waals surface area contributed by atoms with Crippen molar-refractivity contribution < 1.29 is 9.53 Å². The van der Waals surface area contributed by atoms with Crippen molar-refractivity contribution in [3.05, 3.63) is 28.8 Å². The molecule has 0 bridgehead atoms. The van der Waals surface area contributed by atoms with Gasteiger partial charge in [0.1, 0.15) is 0 Å². The summed E-state index contributed by atoms with van der Waals surface area (Å²) in [6.45, 7) is 4.53. The van der Waals surface area contributed by atoms with E-state index in [1.807, 2.05) is 13.8 Å². The fourth-order valence-corrected chi connectivity index (χ4v) is 1.68. The van der Waals surface area contributed by atoms with E-state index in [1.165, 1.54) is 0 Å². The molecule has 1 rings (SSSR count). The minimum absolute atomic E-state index is 0.0289. The lowest BCUT2D eigenvalue weighted by molar-refractivity contribution is 0.0866. The number of nitrogens with two attached hydrogens (primary N) is 1. The number of methoxy groups -OCH3 is 1. The zero-order chi connectivity index (χ0) is 13.7. The van der Waals surface area contributed by atoms with Crippen LogP contribution in [0.25, 0.3) is 0 Å². The summed E-state index contributed by atoms with van der Waals surface area (Å²) in [4.78, 5) is 12.0. The first-order valence-corrected chi connectivity index (χ1v) is 6.18. The standard InChI is InChI=1S/C13H19ClN2O2/c1-8(2)12(7-18-3)16-13(17)9-4-5-11(15)10(14)6-9/h4-6,8,12H,7,15H2,1-3H3,(H,16,17). The average Bonchev–Trinajstić information content (AvgIpc) is 2.31. The molecule has 1 atom stereocenters. The molecule has 1 unspecified atom stereocenters. The predicted molar refractivity (Wildman–Crippen MR) is 73.8 cm³/mol. The van der Waals surface area contributed by atoms with E-state index in [0.29, 0.717) is 22.9 Å². The van der Waals surface area contributed by atoms with Crippen LogP contribution in [0.5, 0.6) is 0 Å². The lowest BCUT2D eigenvalue weighted by Gasteiger charge is -2.21. The smallest absolute Gasteiger partial charge is 0.251 e. The van der Waals surface area contributed by atoms with Gasteiger partial charge >= 0.3 is 0 Å². The summed E-state index contributed by atoms with van der Waals surface area (Å²) in [6, 6.07) is 4.81. The number of hydrogen-bond acceptors (Lipinski definition) is 3. The van der Waals surface area contributed by atoms with Crippen molar-refractivity contribution in [3.63, 3.8) is 0 Å². The summed E-state index contributed by atoms with van der Waals surface area (Å²) < 4.78 is 5.08. The average molecular weight is 271 g/mol. The number of hydrogen-bond donors (Lipinski definition) is 2. The molecule has 0 aliphatic carbocycles. The molecule has 0 aromatic heterocycles. The first kappa shape index (κ1) is 14.8. The van der Waals surface area contributed by atoms with E-state index < -0.39 is 0 Å². The quantitative estimate of drug-likeness (QED) is 0.807. The molecule has 0 spiro atoms. The topological polar surface area (TPSA) is 64.3 Å². The molecule has 0 fully saturated rings. The SMILES string of the molecule is COCC(NC(=O)c1ccc(N)c(Cl)c1)C(C)C. The van der Waals surface area contributed by atoms with Gasteiger partial charge in [-0.3, -0.25) is 4.79 Å². The molecule has 0 saturated heterocycles. The number of nitrogens with one attached hydrogen (secondary N) is 1. The van der Waals surface area contributed by atoms with Crippen molar-refractivity contribution in [1.82, 2.24) is 5.32 Å². The van der Waals surface area contributed by atoms with Crippen LogP contribution in [0, 0.1) is 5.92 Å². The second-order valence-electron chi connectivity index (χ2n) is 4.52. The van der Waals surface area contributed by atoms with Gasteiger partial charge in [-0.1, -0.05) is 25.4 Å². The Kier molecular flexibility index (Phi) is 5.44. The summed E-state index contributed by atoms with van der Waals surface area (Å²) in [5.74, 6) is 0.116. The second-order valence-corrected chi connectivity index (χ2v) is 4.92. The Labute approximate surface area is 112 Å². The molecule has 0 radical (unpaired) electrons.